The van der Waals surface area contributed by atoms with Gasteiger partial charge in [-0.15, -0.1) is 10.2 Å². The van der Waals surface area contributed by atoms with Gasteiger partial charge < -0.3 is 4.42 Å². The smallest absolute Gasteiger partial charge is 0.277 e. The van der Waals surface area contributed by atoms with E-state index in [1.54, 1.807) is 49.4 Å². The summed E-state index contributed by atoms with van der Waals surface area (Å²) in [4.78, 5) is 12.4. The fourth-order valence-electron chi connectivity index (χ4n) is 2.08. The number of carbonyl (C=O) groups is 1. The van der Waals surface area contributed by atoms with Crippen molar-refractivity contribution in [2.24, 2.45) is 0 Å². The minimum Gasteiger partial charge on any atom is -0.411 e. The molecule has 0 aliphatic carbocycles. The Balaban J connectivity index is 1.75. The maximum atomic E-state index is 13.7. The molecule has 0 N–H and O–H groups in total. The number of benzene rings is 2. The van der Waals surface area contributed by atoms with Gasteiger partial charge in [0.25, 0.3) is 11.1 Å². The van der Waals surface area contributed by atoms with Gasteiger partial charge >= 0.3 is 0 Å². The van der Waals surface area contributed by atoms with Gasteiger partial charge in [0.05, 0.1) is 10.8 Å². The molecule has 0 saturated heterocycles. The highest BCUT2D eigenvalue weighted by atomic mass is 35.5. The van der Waals surface area contributed by atoms with E-state index in [4.69, 9.17) is 16.0 Å². The van der Waals surface area contributed by atoms with Crippen LogP contribution in [0.4, 0.5) is 4.39 Å². The molecule has 0 amide bonds. The molecule has 4 nitrogen and oxygen atoms in total. The van der Waals surface area contributed by atoms with Gasteiger partial charge in [-0.05, 0) is 31.2 Å². The number of ketones is 1. The Bertz CT molecular complexity index is 884. The van der Waals surface area contributed by atoms with Crippen molar-refractivity contribution in [3.8, 4) is 11.5 Å². The normalized spacial score (nSPS) is 12.1. The van der Waals surface area contributed by atoms with Gasteiger partial charge in [-0.2, -0.15) is 0 Å². The summed E-state index contributed by atoms with van der Waals surface area (Å²) in [7, 11) is 0. The van der Waals surface area contributed by atoms with Gasteiger partial charge in [0.2, 0.25) is 0 Å². The van der Waals surface area contributed by atoms with Crippen LogP contribution < -0.4 is 0 Å². The lowest BCUT2D eigenvalue weighted by Gasteiger charge is -2.07. The number of aromatic nitrogens is 2. The number of Topliss-reactive ketones (excluding diaryl/α,β-unsaturated/α-hetero) is 1. The molecule has 7 heteroatoms. The molecule has 0 fully saturated rings. The molecule has 2 aromatic carbocycles. The van der Waals surface area contributed by atoms with Gasteiger partial charge in [-0.1, -0.05) is 47.6 Å². The van der Waals surface area contributed by atoms with E-state index >= 15 is 0 Å². The maximum absolute atomic E-state index is 13.7. The summed E-state index contributed by atoms with van der Waals surface area (Å²) in [5.74, 6) is -0.466. The molecule has 1 heterocycles. The van der Waals surface area contributed by atoms with Crippen LogP contribution in [0.3, 0.4) is 0 Å². The molecule has 0 spiro atoms. The van der Waals surface area contributed by atoms with Gasteiger partial charge in [-0.3, -0.25) is 4.79 Å². The molecule has 24 heavy (non-hydrogen) atoms. The molecular weight excluding hydrogens is 351 g/mol. The molecule has 0 radical (unpaired) electrons. The Hall–Kier alpha value is -2.18. The van der Waals surface area contributed by atoms with Gasteiger partial charge in [0.15, 0.2) is 5.78 Å². The molecule has 3 aromatic rings. The van der Waals surface area contributed by atoms with E-state index in [-0.39, 0.29) is 22.5 Å². The molecular formula is C17H12ClFN2O2S. The molecule has 0 saturated carbocycles. The molecule has 0 aliphatic heterocycles. The van der Waals surface area contributed by atoms with E-state index < -0.39 is 11.1 Å². The first-order valence-corrected chi connectivity index (χ1v) is 8.35. The standard InChI is InChI=1S/C17H12ClFN2O2S/c1-10(15(22)11-5-4-6-12(18)9-11)24-17-21-20-16(23-17)13-7-2-3-8-14(13)19/h2-10H,1H3/t10-/m1/s1. The lowest BCUT2D eigenvalue weighted by atomic mass is 10.1. The zero-order valence-electron chi connectivity index (χ0n) is 12.6. The molecule has 122 valence electrons. The Kier molecular flexibility index (Phi) is 4.97. The Labute approximate surface area is 147 Å². The number of thioether (sulfide) groups is 1. The van der Waals surface area contributed by atoms with E-state index in [9.17, 15) is 9.18 Å². The fourth-order valence-corrected chi connectivity index (χ4v) is 3.03. The monoisotopic (exact) mass is 362 g/mol. The maximum Gasteiger partial charge on any atom is 0.277 e. The Morgan fingerprint density at radius 2 is 2.00 bits per heavy atom. The topological polar surface area (TPSA) is 56.0 Å². The van der Waals surface area contributed by atoms with Crippen LogP contribution in [0.15, 0.2) is 58.2 Å². The SMILES string of the molecule is C[C@@H](Sc1nnc(-c2ccccc2F)o1)C(=O)c1cccc(Cl)c1. The summed E-state index contributed by atoms with van der Waals surface area (Å²) in [6.45, 7) is 1.74. The first-order chi connectivity index (χ1) is 11.5. The van der Waals surface area contributed by atoms with Crippen molar-refractivity contribution in [3.63, 3.8) is 0 Å². The predicted octanol–water partition coefficient (Wildman–Crippen LogP) is 4.89. The summed E-state index contributed by atoms with van der Waals surface area (Å²) in [6, 6.07) is 12.9. The molecule has 0 aliphatic rings. The average Bonchev–Trinajstić information content (AvgIpc) is 3.02. The second-order valence-corrected chi connectivity index (χ2v) is 6.72. The van der Waals surface area contributed by atoms with Gasteiger partial charge in [0, 0.05) is 10.6 Å². The van der Waals surface area contributed by atoms with Crippen molar-refractivity contribution >= 4 is 29.1 Å². The number of carbonyl (C=O) groups excluding carboxylic acids is 1. The summed E-state index contributed by atoms with van der Waals surface area (Å²) < 4.78 is 19.2. The van der Waals surface area contributed by atoms with Crippen LogP contribution in [0.1, 0.15) is 17.3 Å². The van der Waals surface area contributed by atoms with Crippen molar-refractivity contribution in [3.05, 3.63) is 64.9 Å². The summed E-state index contributed by atoms with van der Waals surface area (Å²) in [5.41, 5.74) is 0.738. The largest absolute Gasteiger partial charge is 0.411 e. The van der Waals surface area contributed by atoms with Crippen LogP contribution in [0.2, 0.25) is 5.02 Å². The van der Waals surface area contributed by atoms with E-state index in [1.165, 1.54) is 6.07 Å². The second kappa shape index (κ2) is 7.15. The predicted molar refractivity (Wildman–Crippen MR) is 90.8 cm³/mol. The summed E-state index contributed by atoms with van der Waals surface area (Å²) >= 11 is 7.02. The first kappa shape index (κ1) is 16.7. The lowest BCUT2D eigenvalue weighted by Crippen LogP contribution is -2.13. The molecule has 0 bridgehead atoms. The number of halogens is 2. The quantitative estimate of drug-likeness (QED) is 0.477. The first-order valence-electron chi connectivity index (χ1n) is 7.09. The van der Waals surface area contributed by atoms with Crippen LogP contribution in [0.25, 0.3) is 11.5 Å². The van der Waals surface area contributed by atoms with E-state index in [2.05, 4.69) is 10.2 Å². The van der Waals surface area contributed by atoms with Crippen molar-refractivity contribution in [1.82, 2.24) is 10.2 Å². The van der Waals surface area contributed by atoms with Gasteiger partial charge in [-0.25, -0.2) is 4.39 Å². The van der Waals surface area contributed by atoms with Crippen LogP contribution >= 0.6 is 23.4 Å². The average molecular weight is 363 g/mol. The van der Waals surface area contributed by atoms with Crippen molar-refractivity contribution in [2.45, 2.75) is 17.4 Å². The number of hydrogen-bond donors (Lipinski definition) is 0. The minimum absolute atomic E-state index is 0.0815. The summed E-state index contributed by atoms with van der Waals surface area (Å²) in [5, 5.41) is 7.96. The third-order valence-electron chi connectivity index (χ3n) is 3.27. The summed E-state index contributed by atoms with van der Waals surface area (Å²) in [6.07, 6.45) is 0. The van der Waals surface area contributed by atoms with Crippen LogP contribution in [-0.2, 0) is 0 Å². The fraction of sp³-hybridized carbons (Fsp3) is 0.118. The highest BCUT2D eigenvalue weighted by Crippen LogP contribution is 2.29. The van der Waals surface area contributed by atoms with E-state index in [1.807, 2.05) is 0 Å². The number of hydrogen-bond acceptors (Lipinski definition) is 5. The molecule has 1 aromatic heterocycles. The zero-order chi connectivity index (χ0) is 17.1. The second-order valence-electron chi connectivity index (χ2n) is 4.99. The minimum atomic E-state index is -0.447. The molecule has 1 atom stereocenters. The van der Waals surface area contributed by atoms with Gasteiger partial charge in [0.1, 0.15) is 5.82 Å². The third kappa shape index (κ3) is 3.66. The van der Waals surface area contributed by atoms with Crippen molar-refractivity contribution in [1.29, 1.82) is 0 Å². The number of nitrogens with zero attached hydrogens (tertiary/aromatic N) is 2. The van der Waals surface area contributed by atoms with Crippen LogP contribution in [0.5, 0.6) is 0 Å². The van der Waals surface area contributed by atoms with Crippen molar-refractivity contribution < 1.29 is 13.6 Å². The zero-order valence-corrected chi connectivity index (χ0v) is 14.1. The lowest BCUT2D eigenvalue weighted by molar-refractivity contribution is 0.0993. The third-order valence-corrected chi connectivity index (χ3v) is 4.44. The Morgan fingerprint density at radius 3 is 2.75 bits per heavy atom. The van der Waals surface area contributed by atoms with Crippen molar-refractivity contribution in [2.75, 3.05) is 0 Å². The number of rotatable bonds is 5. The van der Waals surface area contributed by atoms with Crippen LogP contribution in [-0.4, -0.2) is 21.2 Å². The Morgan fingerprint density at radius 1 is 1.21 bits per heavy atom. The highest BCUT2D eigenvalue weighted by Gasteiger charge is 2.21. The molecule has 3 rings (SSSR count). The van der Waals surface area contributed by atoms with E-state index in [0.717, 1.165) is 11.8 Å². The highest BCUT2D eigenvalue weighted by molar-refractivity contribution is 8.00. The van der Waals surface area contributed by atoms with E-state index in [0.29, 0.717) is 10.6 Å². The van der Waals surface area contributed by atoms with Crippen LogP contribution in [0, 0.1) is 5.82 Å². The molecule has 0 unspecified atom stereocenters.